The number of ether oxygens (including phenoxy) is 1. The Morgan fingerprint density at radius 1 is 1.17 bits per heavy atom. The van der Waals surface area contributed by atoms with Crippen LogP contribution in [0.25, 0.3) is 11.6 Å². The lowest BCUT2D eigenvalue weighted by Gasteiger charge is -2.51. The first kappa shape index (κ1) is 30.1. The highest BCUT2D eigenvalue weighted by Gasteiger charge is 2.44. The van der Waals surface area contributed by atoms with Crippen molar-refractivity contribution in [2.45, 2.75) is 56.6 Å². The van der Waals surface area contributed by atoms with Gasteiger partial charge < -0.3 is 14.7 Å². The molecule has 5 rings (SSSR count). The number of fused-ring (bicyclic) bond motifs is 3. The predicted molar refractivity (Wildman–Crippen MR) is 164 cm³/mol. The normalized spacial score (nSPS) is 20.7. The summed E-state index contributed by atoms with van der Waals surface area (Å²) in [7, 11) is -3.94. The van der Waals surface area contributed by atoms with Gasteiger partial charge in [-0.3, -0.25) is 9.10 Å². The molecule has 10 heteroatoms. The summed E-state index contributed by atoms with van der Waals surface area (Å²) in [6.07, 6.45) is 2.92. The van der Waals surface area contributed by atoms with Crippen molar-refractivity contribution < 1.29 is 27.4 Å². The van der Waals surface area contributed by atoms with E-state index in [1.807, 2.05) is 38.1 Å². The number of carboxylic acids is 1. The van der Waals surface area contributed by atoms with Crippen LogP contribution in [-0.4, -0.2) is 50.8 Å². The van der Waals surface area contributed by atoms with Crippen LogP contribution in [0.3, 0.4) is 0 Å². The smallest absolute Gasteiger partial charge is 0.305 e. The Labute approximate surface area is 251 Å². The maximum atomic E-state index is 14.6. The Bertz CT molecular complexity index is 1640. The van der Waals surface area contributed by atoms with Crippen LogP contribution in [0.5, 0.6) is 0 Å². The Morgan fingerprint density at radius 2 is 1.93 bits per heavy atom. The zero-order valence-electron chi connectivity index (χ0n) is 23.8. The molecule has 2 atom stereocenters. The molecule has 3 aromatic carbocycles. The second-order valence-corrected chi connectivity index (χ2v) is 13.5. The Balaban J connectivity index is 1.56. The summed E-state index contributed by atoms with van der Waals surface area (Å²) in [5.41, 5.74) is 3.23. The molecule has 1 fully saturated rings. The summed E-state index contributed by atoms with van der Waals surface area (Å²) in [6, 6.07) is 16.8. The van der Waals surface area contributed by atoms with Crippen molar-refractivity contribution in [1.29, 1.82) is 0 Å². The highest BCUT2D eigenvalue weighted by molar-refractivity contribution is 7.92. The van der Waals surface area contributed by atoms with E-state index in [1.165, 1.54) is 10.4 Å². The zero-order valence-corrected chi connectivity index (χ0v) is 25.4. The van der Waals surface area contributed by atoms with Crippen LogP contribution in [0.1, 0.15) is 49.8 Å². The number of hydrogen-bond acceptors (Lipinski definition) is 5. The maximum Gasteiger partial charge on any atom is 0.305 e. The molecule has 0 radical (unpaired) electrons. The number of aryl methyl sites for hydroxylation is 1. The zero-order chi connectivity index (χ0) is 30.2. The van der Waals surface area contributed by atoms with Gasteiger partial charge in [0, 0.05) is 12.1 Å². The number of sulfonamides is 1. The topological polar surface area (TPSA) is 87.1 Å². The third kappa shape index (κ3) is 6.04. The summed E-state index contributed by atoms with van der Waals surface area (Å²) in [5.74, 6) is -1.35. The molecule has 2 heterocycles. The van der Waals surface area contributed by atoms with E-state index in [0.29, 0.717) is 46.8 Å². The Kier molecular flexibility index (Phi) is 8.38. The van der Waals surface area contributed by atoms with Crippen molar-refractivity contribution in [3.63, 3.8) is 0 Å². The van der Waals surface area contributed by atoms with Crippen LogP contribution >= 0.6 is 11.6 Å². The van der Waals surface area contributed by atoms with Crippen LogP contribution in [0, 0.1) is 12.7 Å². The number of carbonyl (C=O) groups is 1. The third-order valence-electron chi connectivity index (χ3n) is 8.03. The summed E-state index contributed by atoms with van der Waals surface area (Å²) < 4.78 is 50.4. The monoisotopic (exact) mass is 612 g/mol. The Hall–Kier alpha value is -3.40. The van der Waals surface area contributed by atoms with E-state index in [4.69, 9.17) is 21.4 Å². The van der Waals surface area contributed by atoms with Crippen molar-refractivity contribution in [2.75, 3.05) is 28.9 Å². The van der Waals surface area contributed by atoms with E-state index < -0.39 is 27.4 Å². The van der Waals surface area contributed by atoms with Gasteiger partial charge in [-0.15, -0.1) is 0 Å². The molecule has 0 amide bonds. The molecule has 0 bridgehead atoms. The molecule has 2 aliphatic rings. The molecular weight excluding hydrogens is 579 g/mol. The van der Waals surface area contributed by atoms with Gasteiger partial charge >= 0.3 is 5.97 Å². The van der Waals surface area contributed by atoms with Crippen LogP contribution < -0.4 is 9.21 Å². The van der Waals surface area contributed by atoms with Gasteiger partial charge in [0.1, 0.15) is 5.82 Å². The van der Waals surface area contributed by atoms with Gasteiger partial charge in [0.05, 0.1) is 52.5 Å². The molecule has 3 aromatic rings. The lowest BCUT2D eigenvalue weighted by molar-refractivity contribution is -0.140. The van der Waals surface area contributed by atoms with Crippen LogP contribution in [0.15, 0.2) is 65.6 Å². The lowest BCUT2D eigenvalue weighted by atomic mass is 9.86. The third-order valence-corrected chi connectivity index (χ3v) is 10.1. The minimum Gasteiger partial charge on any atom is -0.481 e. The van der Waals surface area contributed by atoms with Crippen LogP contribution in [-0.2, 0) is 19.6 Å². The molecule has 2 aliphatic heterocycles. The number of benzene rings is 3. The number of carboxylic acid groups (broad SMARTS) is 1. The summed E-state index contributed by atoms with van der Waals surface area (Å²) in [4.78, 5) is 13.5. The Morgan fingerprint density at radius 3 is 2.64 bits per heavy atom. The molecule has 0 aliphatic carbocycles. The first-order valence-corrected chi connectivity index (χ1v) is 15.7. The second kappa shape index (κ2) is 11.7. The van der Waals surface area contributed by atoms with Gasteiger partial charge in [0.15, 0.2) is 0 Å². The summed E-state index contributed by atoms with van der Waals surface area (Å²) in [6.45, 7) is 6.51. The lowest BCUT2D eigenvalue weighted by Crippen LogP contribution is -2.58. The van der Waals surface area contributed by atoms with Gasteiger partial charge in [-0.25, -0.2) is 12.8 Å². The molecule has 0 saturated carbocycles. The highest BCUT2D eigenvalue weighted by Crippen LogP contribution is 2.45. The van der Waals surface area contributed by atoms with E-state index >= 15 is 0 Å². The summed E-state index contributed by atoms with van der Waals surface area (Å²) in [5, 5.41) is 9.35. The molecular formula is C32H34ClFN2O5S. The second-order valence-electron chi connectivity index (χ2n) is 11.3. The predicted octanol–water partition coefficient (Wildman–Crippen LogP) is 6.78. The summed E-state index contributed by atoms with van der Waals surface area (Å²) >= 11 is 6.30. The maximum absolute atomic E-state index is 14.6. The number of halogens is 2. The quantitative estimate of drug-likeness (QED) is 0.282. The fraction of sp³-hybridized carbons (Fsp3) is 0.344. The minimum atomic E-state index is -3.94. The van der Waals surface area contributed by atoms with E-state index in [9.17, 15) is 17.6 Å². The first-order chi connectivity index (χ1) is 19.9. The van der Waals surface area contributed by atoms with Gasteiger partial charge in [-0.2, -0.15) is 0 Å². The molecule has 0 unspecified atom stereocenters. The van der Waals surface area contributed by atoms with Crippen molar-refractivity contribution in [2.24, 2.45) is 0 Å². The number of nitrogens with zero attached hydrogens (tertiary/aromatic N) is 2. The molecule has 7 nitrogen and oxygen atoms in total. The average Bonchev–Trinajstić information content (AvgIpc) is 2.92. The minimum absolute atomic E-state index is 0.0888. The molecule has 1 N–H and O–H groups in total. The van der Waals surface area contributed by atoms with Crippen molar-refractivity contribution in [1.82, 2.24) is 0 Å². The van der Waals surface area contributed by atoms with E-state index in [1.54, 1.807) is 43.3 Å². The number of piperidine rings is 1. The number of anilines is 2. The average molecular weight is 613 g/mol. The number of hydrogen-bond donors (Lipinski definition) is 1. The first-order valence-electron chi connectivity index (χ1n) is 13.9. The SMILES string of the molecule is C/C(=C\c1ccc2c(c1)N(S(=O)(=O)c1cccc(C)c1)C[C@@H]1C[C@](C)(OCCC(=O)O)CCN21)c1c(F)cccc1Cl. The van der Waals surface area contributed by atoms with Gasteiger partial charge in [0.2, 0.25) is 0 Å². The van der Waals surface area contributed by atoms with E-state index in [-0.39, 0.29) is 30.5 Å². The van der Waals surface area contributed by atoms with Gasteiger partial charge in [-0.05, 0) is 86.7 Å². The van der Waals surface area contributed by atoms with Crippen molar-refractivity contribution >= 4 is 50.6 Å². The van der Waals surface area contributed by atoms with E-state index in [2.05, 4.69) is 4.90 Å². The standard InChI is InChI=1S/C32H34ClFN2O5S/c1-21-6-4-7-25(16-21)42(39,40)36-20-24-19-32(3,41-15-12-30(37)38)13-14-35(24)28-11-10-23(18-29(28)36)17-22(2)31-26(33)8-5-9-27(31)34/h4-11,16-18,24H,12-15,19-20H2,1-3H3,(H,37,38)/b22-17+/t24-,32+/m0/s1. The fourth-order valence-corrected chi connectivity index (χ4v) is 7.86. The van der Waals surface area contributed by atoms with E-state index in [0.717, 1.165) is 11.3 Å². The van der Waals surface area contributed by atoms with Crippen molar-refractivity contribution in [3.05, 3.63) is 88.2 Å². The number of rotatable bonds is 8. The van der Waals surface area contributed by atoms with Crippen LogP contribution in [0.4, 0.5) is 15.8 Å². The molecule has 42 heavy (non-hydrogen) atoms. The van der Waals surface area contributed by atoms with Gasteiger partial charge in [0.25, 0.3) is 10.0 Å². The fourth-order valence-electron chi connectivity index (χ4n) is 5.94. The van der Waals surface area contributed by atoms with Gasteiger partial charge in [-0.1, -0.05) is 41.9 Å². The molecule has 0 spiro atoms. The number of allylic oxidation sites excluding steroid dienone is 1. The van der Waals surface area contributed by atoms with Crippen molar-refractivity contribution in [3.8, 4) is 0 Å². The molecule has 1 saturated heterocycles. The molecule has 0 aromatic heterocycles. The molecule has 222 valence electrons. The number of aliphatic carboxylic acids is 1. The van der Waals surface area contributed by atoms with Crippen LogP contribution in [0.2, 0.25) is 5.02 Å². The largest absolute Gasteiger partial charge is 0.481 e. The highest BCUT2D eigenvalue weighted by atomic mass is 35.5.